The van der Waals surface area contributed by atoms with Gasteiger partial charge in [-0.2, -0.15) is 8.78 Å². The predicted molar refractivity (Wildman–Crippen MR) is 86.1 cm³/mol. The number of nitrogens with zero attached hydrogens (tertiary/aromatic N) is 2. The number of hydrogen-bond acceptors (Lipinski definition) is 4. The second kappa shape index (κ2) is 8.76. The van der Waals surface area contributed by atoms with E-state index >= 15 is 0 Å². The Labute approximate surface area is 137 Å². The summed E-state index contributed by atoms with van der Waals surface area (Å²) < 4.78 is 35.1. The monoisotopic (exact) mass is 329 g/mol. The lowest BCUT2D eigenvalue weighted by atomic mass is 9.99. The Morgan fingerprint density at radius 1 is 1.13 bits per heavy atom. The van der Waals surface area contributed by atoms with Crippen LogP contribution < -0.4 is 0 Å². The summed E-state index contributed by atoms with van der Waals surface area (Å²) in [6.07, 6.45) is 5.63. The molecule has 6 heteroatoms. The number of allylic oxidation sites excluding steroid dienone is 2. The number of rotatable bonds is 4. The molecule has 0 amide bonds. The molecule has 2 saturated heterocycles. The van der Waals surface area contributed by atoms with E-state index in [4.69, 9.17) is 9.47 Å². The first-order valence-corrected chi connectivity index (χ1v) is 8.37. The molecule has 4 nitrogen and oxygen atoms in total. The average molecular weight is 329 g/mol. The van der Waals surface area contributed by atoms with Crippen LogP contribution in [0.2, 0.25) is 0 Å². The van der Waals surface area contributed by atoms with Gasteiger partial charge in [0.25, 0.3) is 0 Å². The molecule has 23 heavy (non-hydrogen) atoms. The van der Waals surface area contributed by atoms with Crippen molar-refractivity contribution in [1.82, 2.24) is 9.80 Å². The van der Waals surface area contributed by atoms with Gasteiger partial charge in [-0.15, -0.1) is 0 Å². The van der Waals surface area contributed by atoms with Gasteiger partial charge in [-0.05, 0) is 13.0 Å². The summed E-state index contributed by atoms with van der Waals surface area (Å²) in [5.74, 6) is 0.352. The van der Waals surface area contributed by atoms with Crippen molar-refractivity contribution in [1.29, 1.82) is 0 Å². The summed E-state index contributed by atoms with van der Waals surface area (Å²) in [5.41, 5.74) is 0.937. The second-order valence-corrected chi connectivity index (χ2v) is 5.74. The minimum atomic E-state index is -2.77. The molecule has 1 atom stereocenters. The molecule has 0 bridgehead atoms. The van der Waals surface area contributed by atoms with Crippen LogP contribution in [0.25, 0.3) is 0 Å². The van der Waals surface area contributed by atoms with Gasteiger partial charge < -0.3 is 9.47 Å². The van der Waals surface area contributed by atoms with E-state index in [1.807, 2.05) is 33.3 Å². The highest BCUT2D eigenvalue weighted by Crippen LogP contribution is 2.26. The maximum atomic E-state index is 12.6. The number of hydrogen-bond donors (Lipinski definition) is 0. The third-order valence-electron chi connectivity index (χ3n) is 4.31. The van der Waals surface area contributed by atoms with Crippen molar-refractivity contribution >= 4 is 0 Å². The van der Waals surface area contributed by atoms with Crippen LogP contribution in [0, 0.1) is 6.42 Å². The highest BCUT2D eigenvalue weighted by molar-refractivity contribution is 5.33. The molecular formula is C17H27F2N2O2. The van der Waals surface area contributed by atoms with E-state index in [0.29, 0.717) is 11.8 Å². The van der Waals surface area contributed by atoms with Crippen LogP contribution in [0.15, 0.2) is 23.5 Å². The van der Waals surface area contributed by atoms with Gasteiger partial charge in [0.1, 0.15) is 5.76 Å². The third-order valence-corrected chi connectivity index (χ3v) is 4.31. The van der Waals surface area contributed by atoms with Crippen molar-refractivity contribution in [2.75, 3.05) is 39.4 Å². The van der Waals surface area contributed by atoms with Gasteiger partial charge in [0.15, 0.2) is 0 Å². The summed E-state index contributed by atoms with van der Waals surface area (Å²) in [4.78, 5) is 4.62. The molecule has 1 unspecified atom stereocenters. The van der Waals surface area contributed by atoms with Crippen molar-refractivity contribution in [2.24, 2.45) is 0 Å². The molecule has 0 aromatic rings. The van der Waals surface area contributed by atoms with Gasteiger partial charge in [0.2, 0.25) is 0 Å². The fourth-order valence-corrected chi connectivity index (χ4v) is 3.02. The summed E-state index contributed by atoms with van der Waals surface area (Å²) in [7, 11) is 0. The third kappa shape index (κ3) is 4.75. The van der Waals surface area contributed by atoms with E-state index in [2.05, 4.69) is 9.80 Å². The number of alkyl halides is 2. The van der Waals surface area contributed by atoms with Crippen molar-refractivity contribution in [3.63, 3.8) is 0 Å². The molecule has 0 aromatic carbocycles. The van der Waals surface area contributed by atoms with E-state index < -0.39 is 6.61 Å². The zero-order chi connectivity index (χ0) is 16.8. The van der Waals surface area contributed by atoms with Crippen molar-refractivity contribution in [3.8, 4) is 0 Å². The molecule has 2 aliphatic heterocycles. The largest absolute Gasteiger partial charge is 0.438 e. The molecule has 2 fully saturated rings. The standard InChI is InChI=1S/C15H21F2N2O2.C2H6/c1-11-2-3-13(14(8-11)21-15(16)17)19-6-4-18(5-7-19)12-9-20-10-12;1-2/h2-3,8,12-13,15H,4-7,9-10H2,1H3;1-2H3. The smallest absolute Gasteiger partial charge is 0.387 e. The van der Waals surface area contributed by atoms with Crippen molar-refractivity contribution < 1.29 is 18.3 Å². The van der Waals surface area contributed by atoms with Gasteiger partial charge in [-0.1, -0.05) is 25.5 Å². The molecule has 3 rings (SSSR count). The van der Waals surface area contributed by atoms with Crippen LogP contribution in [0.4, 0.5) is 8.78 Å². The minimum Gasteiger partial charge on any atom is -0.438 e. The molecule has 0 spiro atoms. The Morgan fingerprint density at radius 3 is 2.26 bits per heavy atom. The van der Waals surface area contributed by atoms with Gasteiger partial charge in [-0.3, -0.25) is 9.80 Å². The summed E-state index contributed by atoms with van der Waals surface area (Å²) in [5, 5.41) is 0. The van der Waals surface area contributed by atoms with Crippen LogP contribution in [0.5, 0.6) is 0 Å². The summed E-state index contributed by atoms with van der Waals surface area (Å²) in [6, 6.07) is 0.361. The van der Waals surface area contributed by atoms with E-state index in [1.54, 1.807) is 6.08 Å². The summed E-state index contributed by atoms with van der Waals surface area (Å²) in [6.45, 7) is 8.35. The normalized spacial score (nSPS) is 26.8. The summed E-state index contributed by atoms with van der Waals surface area (Å²) >= 11 is 0. The van der Waals surface area contributed by atoms with Gasteiger partial charge >= 0.3 is 6.61 Å². The van der Waals surface area contributed by atoms with E-state index in [-0.39, 0.29) is 6.04 Å². The SMILES string of the molecule is CC.CC1=C[CH]C(N2CCN(C3COC3)CC2)C(OC(F)F)=C1. The molecule has 2 heterocycles. The van der Waals surface area contributed by atoms with Crippen molar-refractivity contribution in [2.45, 2.75) is 39.5 Å². The van der Waals surface area contributed by atoms with Gasteiger partial charge in [0, 0.05) is 32.6 Å². The lowest BCUT2D eigenvalue weighted by molar-refractivity contribution is -0.110. The maximum Gasteiger partial charge on any atom is 0.387 e. The highest BCUT2D eigenvalue weighted by Gasteiger charge is 2.33. The molecule has 0 N–H and O–H groups in total. The lowest BCUT2D eigenvalue weighted by Gasteiger charge is -2.45. The maximum absolute atomic E-state index is 12.6. The average Bonchev–Trinajstić information content (AvgIpc) is 2.48. The number of ether oxygens (including phenoxy) is 2. The Morgan fingerprint density at radius 2 is 1.74 bits per heavy atom. The predicted octanol–water partition coefficient (Wildman–Crippen LogP) is 2.68. The van der Waals surface area contributed by atoms with Crippen LogP contribution in [0.1, 0.15) is 20.8 Å². The Balaban J connectivity index is 0.000000924. The zero-order valence-electron chi connectivity index (χ0n) is 14.2. The number of piperazine rings is 1. The Kier molecular flexibility index (Phi) is 6.99. The zero-order valence-corrected chi connectivity index (χ0v) is 14.2. The van der Waals surface area contributed by atoms with E-state index in [0.717, 1.165) is 45.0 Å². The van der Waals surface area contributed by atoms with E-state index in [9.17, 15) is 8.78 Å². The first-order chi connectivity index (χ1) is 11.1. The number of halogens is 2. The van der Waals surface area contributed by atoms with Gasteiger partial charge in [0.05, 0.1) is 25.3 Å². The molecule has 0 saturated carbocycles. The van der Waals surface area contributed by atoms with Crippen LogP contribution in [0.3, 0.4) is 0 Å². The fraction of sp³-hybridized carbons (Fsp3) is 0.706. The lowest BCUT2D eigenvalue weighted by Crippen LogP contribution is -2.58. The van der Waals surface area contributed by atoms with Crippen LogP contribution in [-0.2, 0) is 9.47 Å². The molecule has 0 aromatic heterocycles. The topological polar surface area (TPSA) is 24.9 Å². The molecular weight excluding hydrogens is 302 g/mol. The molecule has 131 valence electrons. The molecule has 1 radical (unpaired) electrons. The minimum absolute atomic E-state index is 0.178. The second-order valence-electron chi connectivity index (χ2n) is 5.74. The van der Waals surface area contributed by atoms with Gasteiger partial charge in [-0.25, -0.2) is 0 Å². The van der Waals surface area contributed by atoms with E-state index in [1.165, 1.54) is 0 Å². The van der Waals surface area contributed by atoms with Crippen LogP contribution >= 0.6 is 0 Å². The van der Waals surface area contributed by atoms with Crippen molar-refractivity contribution in [3.05, 3.63) is 29.9 Å². The molecule has 3 aliphatic rings. The highest BCUT2D eigenvalue weighted by atomic mass is 19.3. The first kappa shape index (κ1) is 18.4. The van der Waals surface area contributed by atoms with Crippen LogP contribution in [-0.4, -0.2) is 67.9 Å². The Bertz CT molecular complexity index is 428. The quantitative estimate of drug-likeness (QED) is 0.792. The fourth-order valence-electron chi connectivity index (χ4n) is 3.02. The molecule has 1 aliphatic carbocycles. The Hall–Kier alpha value is -0.980. The first-order valence-electron chi connectivity index (χ1n) is 8.37.